The number of hydrogen-bond acceptors (Lipinski definition) is 5. The molecule has 3 aromatic rings. The van der Waals surface area contributed by atoms with E-state index in [1.54, 1.807) is 0 Å². The second-order valence-corrected chi connectivity index (χ2v) is 7.64. The van der Waals surface area contributed by atoms with E-state index in [2.05, 4.69) is 44.5 Å². The van der Waals surface area contributed by atoms with Gasteiger partial charge in [0, 0.05) is 54.8 Å². The molecule has 0 aliphatic carbocycles. The van der Waals surface area contributed by atoms with Crippen LogP contribution in [0.25, 0.3) is 11.4 Å². The fourth-order valence-corrected chi connectivity index (χ4v) is 4.11. The molecule has 134 valence electrons. The van der Waals surface area contributed by atoms with Gasteiger partial charge < -0.3 is 4.90 Å². The van der Waals surface area contributed by atoms with E-state index in [-0.39, 0.29) is 0 Å². The van der Waals surface area contributed by atoms with E-state index < -0.39 is 0 Å². The third-order valence-electron chi connectivity index (χ3n) is 4.70. The Morgan fingerprint density at radius 3 is 2.54 bits per heavy atom. The zero-order valence-corrected chi connectivity index (χ0v) is 16.1. The minimum absolute atomic E-state index is 0.714. The summed E-state index contributed by atoms with van der Waals surface area (Å²) >= 11 is 7.54. The van der Waals surface area contributed by atoms with Crippen LogP contribution in [0.2, 0.25) is 5.02 Å². The van der Waals surface area contributed by atoms with Gasteiger partial charge in [0.1, 0.15) is 0 Å². The van der Waals surface area contributed by atoms with E-state index in [0.717, 1.165) is 55.7 Å². The van der Waals surface area contributed by atoms with Gasteiger partial charge in [-0.3, -0.25) is 4.90 Å². The zero-order valence-electron chi connectivity index (χ0n) is 14.5. The molecule has 1 saturated heterocycles. The Hall–Kier alpha value is -1.95. The average Bonchev–Trinajstić information content (AvgIpc) is 3.18. The van der Waals surface area contributed by atoms with Gasteiger partial charge in [-0.1, -0.05) is 54.1 Å². The normalized spacial score (nSPS) is 15.3. The Labute approximate surface area is 163 Å². The lowest BCUT2D eigenvalue weighted by Crippen LogP contribution is -2.47. The van der Waals surface area contributed by atoms with Crippen molar-refractivity contribution in [2.75, 3.05) is 37.6 Å². The summed E-state index contributed by atoms with van der Waals surface area (Å²) in [6, 6.07) is 18.4. The Morgan fingerprint density at radius 1 is 0.962 bits per heavy atom. The summed E-state index contributed by atoms with van der Waals surface area (Å²) in [4.78, 5) is 9.59. The molecule has 0 amide bonds. The molecule has 0 bridgehead atoms. The Morgan fingerprint density at radius 2 is 1.77 bits per heavy atom. The first-order chi connectivity index (χ1) is 12.8. The zero-order chi connectivity index (χ0) is 17.8. The lowest BCUT2D eigenvalue weighted by molar-refractivity contribution is 0.261. The maximum atomic E-state index is 6.07. The van der Waals surface area contributed by atoms with Gasteiger partial charge in [0.25, 0.3) is 0 Å². The van der Waals surface area contributed by atoms with E-state index in [1.807, 2.05) is 24.3 Å². The maximum absolute atomic E-state index is 6.07. The Kier molecular flexibility index (Phi) is 5.48. The van der Waals surface area contributed by atoms with Crippen molar-refractivity contribution < 1.29 is 0 Å². The van der Waals surface area contributed by atoms with Crippen molar-refractivity contribution >= 4 is 28.3 Å². The van der Waals surface area contributed by atoms with Crippen LogP contribution >= 0.6 is 23.1 Å². The summed E-state index contributed by atoms with van der Waals surface area (Å²) in [5.41, 5.74) is 2.38. The second-order valence-electron chi connectivity index (χ2n) is 6.48. The monoisotopic (exact) mass is 384 g/mol. The molecule has 0 N–H and O–H groups in total. The number of nitrogens with zero attached hydrogens (tertiary/aromatic N) is 4. The van der Waals surface area contributed by atoms with E-state index >= 15 is 0 Å². The van der Waals surface area contributed by atoms with Crippen molar-refractivity contribution in [3.63, 3.8) is 0 Å². The highest BCUT2D eigenvalue weighted by Crippen LogP contribution is 2.26. The number of hydrogen-bond donors (Lipinski definition) is 0. The van der Waals surface area contributed by atoms with Gasteiger partial charge in [0.2, 0.25) is 5.13 Å². The average molecular weight is 385 g/mol. The van der Waals surface area contributed by atoms with Crippen molar-refractivity contribution in [3.05, 3.63) is 65.2 Å². The molecule has 4 rings (SSSR count). The number of rotatable bonds is 5. The smallest absolute Gasteiger partial charge is 0.205 e. The van der Waals surface area contributed by atoms with Crippen LogP contribution in [0.1, 0.15) is 5.56 Å². The summed E-state index contributed by atoms with van der Waals surface area (Å²) in [6.45, 7) is 5.25. The molecule has 0 radical (unpaired) electrons. The van der Waals surface area contributed by atoms with Gasteiger partial charge >= 0.3 is 0 Å². The quantitative estimate of drug-likeness (QED) is 0.659. The first-order valence-electron chi connectivity index (χ1n) is 8.89. The predicted octanol–water partition coefficient (Wildman–Crippen LogP) is 4.22. The Bertz CT molecular complexity index is 844. The van der Waals surface area contributed by atoms with Crippen molar-refractivity contribution in [2.45, 2.75) is 6.42 Å². The van der Waals surface area contributed by atoms with Crippen molar-refractivity contribution in [1.29, 1.82) is 0 Å². The fraction of sp³-hybridized carbons (Fsp3) is 0.300. The van der Waals surface area contributed by atoms with Crippen LogP contribution in [0, 0.1) is 0 Å². The molecule has 2 heterocycles. The molecule has 4 nitrogen and oxygen atoms in total. The molecule has 26 heavy (non-hydrogen) atoms. The van der Waals surface area contributed by atoms with Crippen LogP contribution in [0.5, 0.6) is 0 Å². The first-order valence-corrected chi connectivity index (χ1v) is 10.0. The van der Waals surface area contributed by atoms with Crippen LogP contribution in [-0.4, -0.2) is 47.0 Å². The maximum Gasteiger partial charge on any atom is 0.205 e. The summed E-state index contributed by atoms with van der Waals surface area (Å²) in [6.07, 6.45) is 1.11. The Balaban J connectivity index is 1.32. The molecule has 2 aromatic carbocycles. The molecule has 1 fully saturated rings. The highest BCUT2D eigenvalue weighted by Gasteiger charge is 2.20. The first kappa shape index (κ1) is 17.5. The van der Waals surface area contributed by atoms with Crippen molar-refractivity contribution in [3.8, 4) is 11.4 Å². The number of anilines is 1. The third-order valence-corrected chi connectivity index (χ3v) is 5.71. The van der Waals surface area contributed by atoms with E-state index in [0.29, 0.717) is 5.02 Å². The van der Waals surface area contributed by atoms with Crippen molar-refractivity contribution in [2.24, 2.45) is 0 Å². The lowest BCUT2D eigenvalue weighted by atomic mass is 10.1. The summed E-state index contributed by atoms with van der Waals surface area (Å²) < 4.78 is 4.51. The van der Waals surface area contributed by atoms with Gasteiger partial charge in [0.05, 0.1) is 0 Å². The number of piperazine rings is 1. The number of halogens is 1. The molecule has 1 aliphatic rings. The molecular formula is C20H21ClN4S. The summed E-state index contributed by atoms with van der Waals surface area (Å²) in [5, 5.41) is 1.72. The number of benzene rings is 2. The summed E-state index contributed by atoms with van der Waals surface area (Å²) in [5.74, 6) is 0.763. The molecule has 0 spiro atoms. The molecule has 0 unspecified atom stereocenters. The van der Waals surface area contributed by atoms with Crippen LogP contribution in [0.3, 0.4) is 0 Å². The van der Waals surface area contributed by atoms with Crippen LogP contribution in [0.4, 0.5) is 5.13 Å². The molecule has 6 heteroatoms. The highest BCUT2D eigenvalue weighted by molar-refractivity contribution is 7.09. The lowest BCUT2D eigenvalue weighted by Gasteiger charge is -2.34. The molecule has 0 saturated carbocycles. The molecule has 1 aromatic heterocycles. The minimum Gasteiger partial charge on any atom is -0.344 e. The minimum atomic E-state index is 0.714. The molecule has 0 atom stereocenters. The largest absolute Gasteiger partial charge is 0.344 e. The van der Waals surface area contributed by atoms with Gasteiger partial charge in [-0.25, -0.2) is 0 Å². The molecule has 1 aliphatic heterocycles. The van der Waals surface area contributed by atoms with Gasteiger partial charge in [-0.2, -0.15) is 9.36 Å². The summed E-state index contributed by atoms with van der Waals surface area (Å²) in [7, 11) is 0. The van der Waals surface area contributed by atoms with Crippen LogP contribution in [0.15, 0.2) is 54.6 Å². The standard InChI is InChI=1S/C20H21ClN4S/c21-18-8-4-7-17(15-18)19-22-20(26-23-19)25-13-11-24(12-14-25)10-9-16-5-2-1-3-6-16/h1-8,15H,9-14H2. The van der Waals surface area contributed by atoms with Crippen molar-refractivity contribution in [1.82, 2.24) is 14.3 Å². The van der Waals surface area contributed by atoms with Gasteiger partial charge in [0.15, 0.2) is 5.82 Å². The third kappa shape index (κ3) is 4.23. The van der Waals surface area contributed by atoms with E-state index in [1.165, 1.54) is 17.1 Å². The SMILES string of the molecule is Clc1cccc(-c2nsc(N3CCN(CCc4ccccc4)CC3)n2)c1. The van der Waals surface area contributed by atoms with E-state index in [9.17, 15) is 0 Å². The second kappa shape index (κ2) is 8.16. The highest BCUT2D eigenvalue weighted by atomic mass is 35.5. The van der Waals surface area contributed by atoms with Gasteiger partial charge in [-0.15, -0.1) is 0 Å². The fourth-order valence-electron chi connectivity index (χ4n) is 3.18. The van der Waals surface area contributed by atoms with Gasteiger partial charge in [-0.05, 0) is 24.1 Å². The topological polar surface area (TPSA) is 32.3 Å². The molecular weight excluding hydrogens is 364 g/mol. The van der Waals surface area contributed by atoms with Crippen LogP contribution < -0.4 is 4.90 Å². The predicted molar refractivity (Wildman–Crippen MR) is 109 cm³/mol. The van der Waals surface area contributed by atoms with Crippen LogP contribution in [-0.2, 0) is 6.42 Å². The number of aromatic nitrogens is 2. The van der Waals surface area contributed by atoms with E-state index in [4.69, 9.17) is 16.6 Å².